The van der Waals surface area contributed by atoms with E-state index in [4.69, 9.17) is 0 Å². The Balaban J connectivity index is 0. The van der Waals surface area contributed by atoms with Crippen LogP contribution in [-0.4, -0.2) is 43.9 Å². The van der Waals surface area contributed by atoms with Crippen molar-refractivity contribution in [1.82, 2.24) is 0 Å². The SMILES string of the molecule is O=S(=O)([O-])CC(F)C(F)C(F)CCCCF.[Na+]. The summed E-state index contributed by atoms with van der Waals surface area (Å²) in [6, 6.07) is 0. The van der Waals surface area contributed by atoms with Gasteiger partial charge in [-0.1, -0.05) is 0 Å². The van der Waals surface area contributed by atoms with Crippen LogP contribution in [0.4, 0.5) is 17.6 Å². The van der Waals surface area contributed by atoms with Crippen molar-refractivity contribution in [3.05, 3.63) is 0 Å². The van der Waals surface area contributed by atoms with Crippen LogP contribution in [0.5, 0.6) is 0 Å². The van der Waals surface area contributed by atoms with Crippen molar-refractivity contribution in [2.24, 2.45) is 0 Å². The van der Waals surface area contributed by atoms with Crippen LogP contribution in [0.1, 0.15) is 19.3 Å². The summed E-state index contributed by atoms with van der Waals surface area (Å²) in [6.45, 7) is -0.683. The van der Waals surface area contributed by atoms with E-state index in [1.54, 1.807) is 0 Å². The Morgan fingerprint density at radius 3 is 2.00 bits per heavy atom. The first-order valence-corrected chi connectivity index (χ1v) is 6.27. The molecule has 0 saturated carbocycles. The van der Waals surface area contributed by atoms with E-state index in [9.17, 15) is 30.5 Å². The number of alkyl halides is 4. The second kappa shape index (κ2) is 9.55. The normalized spacial score (nSPS) is 17.0. The molecular formula is C8H13F4NaO3S. The van der Waals surface area contributed by atoms with Crippen molar-refractivity contribution in [3.8, 4) is 0 Å². The Hall–Kier alpha value is 0.630. The molecule has 0 rings (SSSR count). The van der Waals surface area contributed by atoms with Gasteiger partial charge < -0.3 is 4.55 Å². The monoisotopic (exact) mass is 288 g/mol. The molecule has 0 aliphatic rings. The van der Waals surface area contributed by atoms with E-state index < -0.39 is 47.5 Å². The topological polar surface area (TPSA) is 57.2 Å². The van der Waals surface area contributed by atoms with Gasteiger partial charge in [0.15, 0.2) is 6.17 Å². The molecule has 9 heteroatoms. The minimum absolute atomic E-state index is 0. The fraction of sp³-hybridized carbons (Fsp3) is 1.00. The van der Waals surface area contributed by atoms with E-state index in [1.807, 2.05) is 0 Å². The molecular weight excluding hydrogens is 275 g/mol. The van der Waals surface area contributed by atoms with Gasteiger partial charge in [-0.15, -0.1) is 0 Å². The third-order valence-corrected chi connectivity index (χ3v) is 2.64. The molecule has 3 atom stereocenters. The van der Waals surface area contributed by atoms with E-state index in [0.717, 1.165) is 0 Å². The average Bonchev–Trinajstić information content (AvgIpc) is 2.14. The van der Waals surface area contributed by atoms with Crippen molar-refractivity contribution >= 4 is 10.1 Å². The Morgan fingerprint density at radius 2 is 1.59 bits per heavy atom. The van der Waals surface area contributed by atoms with Gasteiger partial charge in [0.05, 0.1) is 22.5 Å². The Labute approximate surface area is 120 Å². The van der Waals surface area contributed by atoms with Crippen LogP contribution in [0, 0.1) is 0 Å². The number of hydrogen-bond donors (Lipinski definition) is 0. The molecule has 0 aliphatic carbocycles. The van der Waals surface area contributed by atoms with Crippen molar-refractivity contribution in [2.75, 3.05) is 12.4 Å². The summed E-state index contributed by atoms with van der Waals surface area (Å²) in [6.07, 6.45) is -7.89. The van der Waals surface area contributed by atoms with Gasteiger partial charge in [0.1, 0.15) is 12.3 Å². The molecule has 0 aromatic carbocycles. The summed E-state index contributed by atoms with van der Waals surface area (Å²) in [7, 11) is -4.92. The summed E-state index contributed by atoms with van der Waals surface area (Å²) >= 11 is 0. The summed E-state index contributed by atoms with van der Waals surface area (Å²) in [5, 5.41) is 0. The third-order valence-electron chi connectivity index (χ3n) is 1.92. The molecule has 17 heavy (non-hydrogen) atoms. The first kappa shape index (κ1) is 20.0. The molecule has 0 aromatic rings. The van der Waals surface area contributed by atoms with Gasteiger partial charge in [-0.05, 0) is 19.3 Å². The largest absolute Gasteiger partial charge is 1.00 e. The molecule has 0 N–H and O–H groups in total. The van der Waals surface area contributed by atoms with Crippen LogP contribution < -0.4 is 29.6 Å². The molecule has 0 amide bonds. The van der Waals surface area contributed by atoms with Crippen LogP contribution in [-0.2, 0) is 10.1 Å². The third kappa shape index (κ3) is 10.3. The van der Waals surface area contributed by atoms with E-state index in [1.165, 1.54) is 0 Å². The zero-order valence-corrected chi connectivity index (χ0v) is 12.2. The zero-order chi connectivity index (χ0) is 12.8. The maximum absolute atomic E-state index is 12.9. The average molecular weight is 288 g/mol. The van der Waals surface area contributed by atoms with E-state index in [2.05, 4.69) is 0 Å². The van der Waals surface area contributed by atoms with Gasteiger partial charge in [-0.25, -0.2) is 21.6 Å². The van der Waals surface area contributed by atoms with Crippen molar-refractivity contribution < 1.29 is 60.1 Å². The van der Waals surface area contributed by atoms with Gasteiger partial charge in [-0.2, -0.15) is 0 Å². The van der Waals surface area contributed by atoms with Crippen molar-refractivity contribution in [2.45, 2.75) is 37.8 Å². The minimum atomic E-state index is -4.92. The Kier molecular flexibility index (Phi) is 11.2. The molecule has 0 aliphatic heterocycles. The summed E-state index contributed by atoms with van der Waals surface area (Å²) in [5.74, 6) is -1.59. The van der Waals surface area contributed by atoms with Crippen LogP contribution >= 0.6 is 0 Å². The van der Waals surface area contributed by atoms with E-state index in [-0.39, 0.29) is 42.4 Å². The fourth-order valence-electron chi connectivity index (χ4n) is 1.11. The summed E-state index contributed by atoms with van der Waals surface area (Å²) in [4.78, 5) is 0. The molecule has 0 radical (unpaired) electrons. The molecule has 0 bridgehead atoms. The standard InChI is InChI=1S/C8H14F4O3S.Na/c9-4-2-1-3-6(10)8(12)7(11)5-16(13,14)15;/h6-8H,1-5H2,(H,13,14,15);/q;+1/p-1. The predicted molar refractivity (Wildman–Crippen MR) is 49.1 cm³/mol. The fourth-order valence-corrected chi connectivity index (χ4v) is 1.68. The van der Waals surface area contributed by atoms with Crippen molar-refractivity contribution in [3.63, 3.8) is 0 Å². The molecule has 0 fully saturated rings. The maximum Gasteiger partial charge on any atom is 1.00 e. The second-order valence-corrected chi connectivity index (χ2v) is 4.83. The Morgan fingerprint density at radius 1 is 1.06 bits per heavy atom. The Bertz CT molecular complexity index is 288. The van der Waals surface area contributed by atoms with Gasteiger partial charge in [0.25, 0.3) is 0 Å². The van der Waals surface area contributed by atoms with Gasteiger partial charge in [0.2, 0.25) is 0 Å². The van der Waals surface area contributed by atoms with Crippen LogP contribution in [0.2, 0.25) is 0 Å². The molecule has 3 nitrogen and oxygen atoms in total. The minimum Gasteiger partial charge on any atom is -0.748 e. The van der Waals surface area contributed by atoms with E-state index in [0.29, 0.717) is 0 Å². The van der Waals surface area contributed by atoms with Gasteiger partial charge >= 0.3 is 29.6 Å². The summed E-state index contributed by atoms with van der Waals surface area (Å²) in [5.41, 5.74) is 0. The molecule has 0 saturated heterocycles. The predicted octanol–water partition coefficient (Wildman–Crippen LogP) is -1.31. The van der Waals surface area contributed by atoms with Gasteiger partial charge in [0, 0.05) is 0 Å². The first-order chi connectivity index (χ1) is 7.28. The molecule has 98 valence electrons. The summed E-state index contributed by atoms with van der Waals surface area (Å²) < 4.78 is 80.5. The van der Waals surface area contributed by atoms with Crippen LogP contribution in [0.25, 0.3) is 0 Å². The van der Waals surface area contributed by atoms with Gasteiger partial charge in [-0.3, -0.25) is 4.39 Å². The molecule has 0 heterocycles. The molecule has 0 spiro atoms. The molecule has 3 unspecified atom stereocenters. The zero-order valence-electron chi connectivity index (χ0n) is 9.41. The quantitative estimate of drug-likeness (QED) is 0.241. The number of halogens is 4. The van der Waals surface area contributed by atoms with Crippen LogP contribution in [0.3, 0.4) is 0 Å². The second-order valence-electron chi connectivity index (χ2n) is 3.39. The first-order valence-electron chi connectivity index (χ1n) is 4.69. The van der Waals surface area contributed by atoms with E-state index >= 15 is 0 Å². The smallest absolute Gasteiger partial charge is 0.748 e. The maximum atomic E-state index is 12.9. The number of hydrogen-bond acceptors (Lipinski definition) is 3. The molecule has 0 aromatic heterocycles. The number of rotatable bonds is 8. The van der Waals surface area contributed by atoms with Crippen LogP contribution in [0.15, 0.2) is 0 Å². The van der Waals surface area contributed by atoms with Crippen molar-refractivity contribution in [1.29, 1.82) is 0 Å². The number of unbranched alkanes of at least 4 members (excludes halogenated alkanes) is 1.